The van der Waals surface area contributed by atoms with Gasteiger partial charge in [-0.15, -0.1) is 0 Å². The molecule has 11 heavy (non-hydrogen) atoms. The molecule has 0 aromatic heterocycles. The van der Waals surface area contributed by atoms with E-state index in [2.05, 4.69) is 0 Å². The molecule has 64 valence electrons. The minimum absolute atomic E-state index is 0.267. The molecule has 2 aliphatic rings. The molecule has 1 aliphatic carbocycles. The fourth-order valence-electron chi connectivity index (χ4n) is 1.81. The SMILES string of the molecule is NC1(C2(O)CCOCC2)CC1. The molecule has 3 N–H and O–H groups in total. The zero-order valence-corrected chi connectivity index (χ0v) is 6.68. The van der Waals surface area contributed by atoms with Crippen molar-refractivity contribution in [2.45, 2.75) is 36.8 Å². The van der Waals surface area contributed by atoms with Gasteiger partial charge in [-0.2, -0.15) is 0 Å². The second kappa shape index (κ2) is 2.19. The Balaban J connectivity index is 2.07. The summed E-state index contributed by atoms with van der Waals surface area (Å²) in [7, 11) is 0. The molecule has 0 atom stereocenters. The van der Waals surface area contributed by atoms with E-state index in [1.807, 2.05) is 0 Å². The van der Waals surface area contributed by atoms with Crippen LogP contribution in [0.25, 0.3) is 0 Å². The van der Waals surface area contributed by atoms with Crippen molar-refractivity contribution in [1.82, 2.24) is 0 Å². The first-order valence-electron chi connectivity index (χ1n) is 4.25. The van der Waals surface area contributed by atoms with E-state index >= 15 is 0 Å². The minimum Gasteiger partial charge on any atom is -0.388 e. The molecule has 2 fully saturated rings. The van der Waals surface area contributed by atoms with E-state index in [0.29, 0.717) is 26.1 Å². The van der Waals surface area contributed by atoms with Gasteiger partial charge in [0.2, 0.25) is 0 Å². The monoisotopic (exact) mass is 157 g/mol. The Bertz CT molecular complexity index is 159. The molecule has 0 bridgehead atoms. The predicted octanol–water partition coefficient (Wildman–Crippen LogP) is 0.0192. The minimum atomic E-state index is -0.620. The maximum absolute atomic E-state index is 10.1. The highest BCUT2D eigenvalue weighted by molar-refractivity contribution is 5.14. The summed E-state index contributed by atoms with van der Waals surface area (Å²) in [6, 6.07) is 0. The molecular formula is C8H15NO2. The second-order valence-corrected chi connectivity index (χ2v) is 3.80. The molecule has 0 amide bonds. The van der Waals surface area contributed by atoms with E-state index in [-0.39, 0.29) is 5.54 Å². The Labute approximate surface area is 66.5 Å². The van der Waals surface area contributed by atoms with Crippen LogP contribution in [-0.2, 0) is 4.74 Å². The Kier molecular flexibility index (Phi) is 1.50. The van der Waals surface area contributed by atoms with Crippen LogP contribution in [0.2, 0.25) is 0 Å². The lowest BCUT2D eigenvalue weighted by molar-refractivity contribution is -0.0848. The quantitative estimate of drug-likeness (QED) is 0.564. The maximum atomic E-state index is 10.1. The fraction of sp³-hybridized carbons (Fsp3) is 1.00. The topological polar surface area (TPSA) is 55.5 Å². The van der Waals surface area contributed by atoms with E-state index in [1.54, 1.807) is 0 Å². The molecular weight excluding hydrogens is 142 g/mol. The van der Waals surface area contributed by atoms with Gasteiger partial charge in [0.1, 0.15) is 0 Å². The van der Waals surface area contributed by atoms with Crippen LogP contribution in [0, 0.1) is 0 Å². The van der Waals surface area contributed by atoms with Crippen molar-refractivity contribution in [2.24, 2.45) is 5.73 Å². The summed E-state index contributed by atoms with van der Waals surface area (Å²) in [5, 5.41) is 10.1. The maximum Gasteiger partial charge on any atom is 0.0870 e. The van der Waals surface area contributed by atoms with Crippen molar-refractivity contribution in [1.29, 1.82) is 0 Å². The molecule has 3 nitrogen and oxygen atoms in total. The summed E-state index contributed by atoms with van der Waals surface area (Å²) in [6.07, 6.45) is 3.38. The summed E-state index contributed by atoms with van der Waals surface area (Å²) in [4.78, 5) is 0. The van der Waals surface area contributed by atoms with Crippen molar-refractivity contribution in [3.05, 3.63) is 0 Å². The second-order valence-electron chi connectivity index (χ2n) is 3.80. The van der Waals surface area contributed by atoms with Crippen LogP contribution in [-0.4, -0.2) is 29.5 Å². The fourth-order valence-corrected chi connectivity index (χ4v) is 1.81. The van der Waals surface area contributed by atoms with Crippen LogP contribution in [0.15, 0.2) is 0 Å². The van der Waals surface area contributed by atoms with Crippen molar-refractivity contribution < 1.29 is 9.84 Å². The Morgan fingerprint density at radius 1 is 1.09 bits per heavy atom. The lowest BCUT2D eigenvalue weighted by atomic mass is 9.85. The number of hydrogen-bond donors (Lipinski definition) is 2. The van der Waals surface area contributed by atoms with Gasteiger partial charge in [0.15, 0.2) is 0 Å². The van der Waals surface area contributed by atoms with Gasteiger partial charge in [0, 0.05) is 31.6 Å². The first kappa shape index (κ1) is 7.53. The van der Waals surface area contributed by atoms with E-state index in [9.17, 15) is 5.11 Å². The first-order valence-corrected chi connectivity index (χ1v) is 4.25. The Morgan fingerprint density at radius 2 is 1.64 bits per heavy atom. The summed E-state index contributed by atoms with van der Waals surface area (Å²) >= 11 is 0. The van der Waals surface area contributed by atoms with Crippen molar-refractivity contribution in [2.75, 3.05) is 13.2 Å². The van der Waals surface area contributed by atoms with E-state index in [1.165, 1.54) is 0 Å². The highest BCUT2D eigenvalue weighted by Gasteiger charge is 2.55. The van der Waals surface area contributed by atoms with Gasteiger partial charge in [0.05, 0.1) is 5.60 Å². The van der Waals surface area contributed by atoms with Crippen LogP contribution in [0.1, 0.15) is 25.7 Å². The number of hydrogen-bond acceptors (Lipinski definition) is 3. The third-order valence-corrected chi connectivity index (χ3v) is 3.04. The Hall–Kier alpha value is -0.120. The summed E-state index contributed by atoms with van der Waals surface area (Å²) in [5.41, 5.74) is 5.06. The Morgan fingerprint density at radius 3 is 2.09 bits per heavy atom. The molecule has 0 spiro atoms. The summed E-state index contributed by atoms with van der Waals surface area (Å²) < 4.78 is 5.17. The number of rotatable bonds is 1. The molecule has 1 heterocycles. The van der Waals surface area contributed by atoms with E-state index < -0.39 is 5.60 Å². The van der Waals surface area contributed by atoms with Crippen LogP contribution in [0.3, 0.4) is 0 Å². The molecule has 0 unspecified atom stereocenters. The van der Waals surface area contributed by atoms with Crippen LogP contribution < -0.4 is 5.73 Å². The molecule has 0 aromatic carbocycles. The van der Waals surface area contributed by atoms with Gasteiger partial charge in [-0.25, -0.2) is 0 Å². The van der Waals surface area contributed by atoms with Crippen LogP contribution in [0.4, 0.5) is 0 Å². The zero-order chi connectivity index (χ0) is 7.95. The van der Waals surface area contributed by atoms with Gasteiger partial charge >= 0.3 is 0 Å². The van der Waals surface area contributed by atoms with Gasteiger partial charge in [-0.05, 0) is 12.8 Å². The average molecular weight is 157 g/mol. The highest BCUT2D eigenvalue weighted by Crippen LogP contribution is 2.46. The van der Waals surface area contributed by atoms with Crippen LogP contribution in [0.5, 0.6) is 0 Å². The third-order valence-electron chi connectivity index (χ3n) is 3.04. The lowest BCUT2D eigenvalue weighted by Crippen LogP contribution is -2.53. The molecule has 1 saturated carbocycles. The molecule has 3 heteroatoms. The molecule has 1 aliphatic heterocycles. The number of nitrogens with two attached hydrogens (primary N) is 1. The van der Waals surface area contributed by atoms with Crippen molar-refractivity contribution in [3.63, 3.8) is 0 Å². The molecule has 2 rings (SSSR count). The zero-order valence-electron chi connectivity index (χ0n) is 6.68. The van der Waals surface area contributed by atoms with Gasteiger partial charge in [-0.1, -0.05) is 0 Å². The third kappa shape index (κ3) is 1.08. The number of aliphatic hydroxyl groups is 1. The smallest absolute Gasteiger partial charge is 0.0870 e. The summed E-state index contributed by atoms with van der Waals surface area (Å²) in [6.45, 7) is 1.32. The van der Waals surface area contributed by atoms with E-state index in [4.69, 9.17) is 10.5 Å². The lowest BCUT2D eigenvalue weighted by Gasteiger charge is -2.37. The van der Waals surface area contributed by atoms with Gasteiger partial charge in [0.25, 0.3) is 0 Å². The normalized spacial score (nSPS) is 33.3. The van der Waals surface area contributed by atoms with Gasteiger partial charge in [-0.3, -0.25) is 0 Å². The van der Waals surface area contributed by atoms with E-state index in [0.717, 1.165) is 12.8 Å². The number of ether oxygens (including phenoxy) is 1. The van der Waals surface area contributed by atoms with Crippen molar-refractivity contribution >= 4 is 0 Å². The molecule has 1 saturated heterocycles. The first-order chi connectivity index (χ1) is 5.16. The van der Waals surface area contributed by atoms with Crippen LogP contribution >= 0.6 is 0 Å². The van der Waals surface area contributed by atoms with Gasteiger partial charge < -0.3 is 15.6 Å². The van der Waals surface area contributed by atoms with Crippen molar-refractivity contribution in [3.8, 4) is 0 Å². The highest BCUT2D eigenvalue weighted by atomic mass is 16.5. The average Bonchev–Trinajstić information content (AvgIpc) is 2.71. The molecule has 0 aromatic rings. The summed E-state index contributed by atoms with van der Waals surface area (Å²) in [5.74, 6) is 0. The largest absolute Gasteiger partial charge is 0.388 e. The predicted molar refractivity (Wildman–Crippen MR) is 41.2 cm³/mol. The standard InChI is InChI=1S/C8H15NO2/c9-7(1-2-7)8(10)3-5-11-6-4-8/h10H,1-6,9H2. The molecule has 0 radical (unpaired) electrons.